The molecule has 1 aromatic carbocycles. The number of amides is 1. The molecule has 28 heavy (non-hydrogen) atoms. The van der Waals surface area contributed by atoms with Crippen LogP contribution in [-0.2, 0) is 11.3 Å². The predicted octanol–water partition coefficient (Wildman–Crippen LogP) is 3.84. The summed E-state index contributed by atoms with van der Waals surface area (Å²) in [7, 11) is 0. The summed E-state index contributed by atoms with van der Waals surface area (Å²) in [6, 6.07) is 9.74. The predicted molar refractivity (Wildman–Crippen MR) is 102 cm³/mol. The number of hydrogen-bond donors (Lipinski definition) is 1. The molecule has 4 nitrogen and oxygen atoms in total. The van der Waals surface area contributed by atoms with Crippen LogP contribution in [0.5, 0.6) is 0 Å². The Morgan fingerprint density at radius 2 is 2.04 bits per heavy atom. The van der Waals surface area contributed by atoms with E-state index < -0.39 is 11.6 Å². The molecular weight excluding hydrogens is 360 g/mol. The first kappa shape index (κ1) is 19.0. The molecule has 6 heteroatoms. The lowest BCUT2D eigenvalue weighted by molar-refractivity contribution is -0.123. The van der Waals surface area contributed by atoms with E-state index in [9.17, 15) is 13.6 Å². The lowest BCUT2D eigenvalue weighted by Crippen LogP contribution is -2.43. The first-order chi connectivity index (χ1) is 13.6. The van der Waals surface area contributed by atoms with Crippen LogP contribution in [0, 0.1) is 23.5 Å². The third-order valence-electron chi connectivity index (χ3n) is 5.66. The zero-order chi connectivity index (χ0) is 19.5. The van der Waals surface area contributed by atoms with Crippen LogP contribution in [0.2, 0.25) is 0 Å². The minimum Gasteiger partial charge on any atom is -0.347 e. The van der Waals surface area contributed by atoms with Gasteiger partial charge in [-0.1, -0.05) is 12.1 Å². The normalized spacial score (nSPS) is 21.3. The molecule has 2 aromatic rings. The number of benzene rings is 1. The van der Waals surface area contributed by atoms with Crippen LogP contribution >= 0.6 is 0 Å². The molecule has 1 saturated heterocycles. The van der Waals surface area contributed by atoms with Crippen LogP contribution in [0.25, 0.3) is 0 Å². The fourth-order valence-corrected chi connectivity index (χ4v) is 4.01. The van der Waals surface area contributed by atoms with Gasteiger partial charge in [0.25, 0.3) is 0 Å². The van der Waals surface area contributed by atoms with E-state index in [0.29, 0.717) is 6.54 Å². The molecule has 1 aromatic heterocycles. The first-order valence-electron chi connectivity index (χ1n) is 9.98. The van der Waals surface area contributed by atoms with E-state index in [0.717, 1.165) is 50.0 Å². The van der Waals surface area contributed by atoms with Crippen LogP contribution in [0.15, 0.2) is 42.6 Å². The van der Waals surface area contributed by atoms with E-state index in [4.69, 9.17) is 0 Å². The average Bonchev–Trinajstić information content (AvgIpc) is 3.55. The number of pyridine rings is 1. The van der Waals surface area contributed by atoms with Crippen molar-refractivity contribution in [2.45, 2.75) is 38.3 Å². The van der Waals surface area contributed by atoms with Gasteiger partial charge in [-0.2, -0.15) is 0 Å². The van der Waals surface area contributed by atoms with Crippen molar-refractivity contribution in [1.82, 2.24) is 15.2 Å². The van der Waals surface area contributed by atoms with Gasteiger partial charge in [-0.05, 0) is 68.0 Å². The van der Waals surface area contributed by atoms with E-state index in [2.05, 4.69) is 15.2 Å². The van der Waals surface area contributed by atoms with E-state index in [-0.39, 0.29) is 23.8 Å². The largest absolute Gasteiger partial charge is 0.347 e. The smallest absolute Gasteiger partial charge is 0.223 e. The average molecular weight is 385 g/mol. The number of piperidine rings is 1. The molecule has 4 rings (SSSR count). The molecule has 0 radical (unpaired) electrons. The second kappa shape index (κ2) is 8.35. The molecule has 2 fully saturated rings. The molecule has 2 atom stereocenters. The summed E-state index contributed by atoms with van der Waals surface area (Å²) < 4.78 is 26.7. The molecule has 0 bridgehead atoms. The number of aromatic nitrogens is 1. The van der Waals surface area contributed by atoms with Crippen molar-refractivity contribution in [3.05, 3.63) is 65.5 Å². The lowest BCUT2D eigenvalue weighted by atomic mass is 9.88. The molecule has 0 unspecified atom stereocenters. The Kier molecular flexibility index (Phi) is 5.67. The first-order valence-corrected chi connectivity index (χ1v) is 9.98. The van der Waals surface area contributed by atoms with E-state index in [1.165, 1.54) is 12.1 Å². The summed E-state index contributed by atoms with van der Waals surface area (Å²) in [6.07, 6.45) is 5.69. The summed E-state index contributed by atoms with van der Waals surface area (Å²) in [4.78, 5) is 19.2. The van der Waals surface area contributed by atoms with Gasteiger partial charge in [-0.25, -0.2) is 8.78 Å². The van der Waals surface area contributed by atoms with Crippen LogP contribution in [0.4, 0.5) is 8.78 Å². The van der Waals surface area contributed by atoms with Gasteiger partial charge < -0.3 is 5.32 Å². The highest BCUT2D eigenvalue weighted by Crippen LogP contribution is 2.33. The molecule has 148 valence electrons. The Morgan fingerprint density at radius 3 is 2.75 bits per heavy atom. The highest BCUT2D eigenvalue weighted by molar-refractivity contribution is 5.81. The van der Waals surface area contributed by atoms with Crippen LogP contribution in [0.1, 0.15) is 43.0 Å². The third-order valence-corrected chi connectivity index (χ3v) is 5.66. The van der Waals surface area contributed by atoms with Gasteiger partial charge >= 0.3 is 0 Å². The molecule has 2 heterocycles. The molecule has 1 saturated carbocycles. The molecule has 2 aliphatic rings. The van der Waals surface area contributed by atoms with Gasteiger partial charge in [0.1, 0.15) is 0 Å². The monoisotopic (exact) mass is 385 g/mol. The van der Waals surface area contributed by atoms with Gasteiger partial charge in [0, 0.05) is 25.2 Å². The zero-order valence-corrected chi connectivity index (χ0v) is 15.8. The minimum absolute atomic E-state index is 0.119. The molecular formula is C22H25F2N3O. The van der Waals surface area contributed by atoms with Crippen molar-refractivity contribution in [3.8, 4) is 0 Å². The number of nitrogens with zero attached hydrogens (tertiary/aromatic N) is 2. The zero-order valence-electron chi connectivity index (χ0n) is 15.8. The Hall–Kier alpha value is -2.34. The Bertz CT molecular complexity index is 826. The Labute approximate surface area is 164 Å². The van der Waals surface area contributed by atoms with Crippen LogP contribution < -0.4 is 5.32 Å². The standard InChI is InChI=1S/C22H25F2N3O/c23-18-9-6-15(12-19(18)24)13-27-11-3-4-17(14-27)21(20-5-1-2-10-25-20)26-22(28)16-7-8-16/h1-2,5-6,9-10,12,16-17,21H,3-4,7-8,11,13-14H2,(H,26,28)/t17-,21+/m1/s1. The van der Waals surface area contributed by atoms with Crippen molar-refractivity contribution in [3.63, 3.8) is 0 Å². The lowest BCUT2D eigenvalue weighted by Gasteiger charge is -2.37. The maximum absolute atomic E-state index is 13.5. The fraction of sp³-hybridized carbons (Fsp3) is 0.455. The highest BCUT2D eigenvalue weighted by Gasteiger charge is 2.35. The number of hydrogen-bond acceptors (Lipinski definition) is 3. The summed E-state index contributed by atoms with van der Waals surface area (Å²) in [5.74, 6) is -1.13. The maximum Gasteiger partial charge on any atom is 0.223 e. The quantitative estimate of drug-likeness (QED) is 0.822. The Balaban J connectivity index is 1.47. The summed E-state index contributed by atoms with van der Waals surface area (Å²) in [5.41, 5.74) is 1.65. The number of rotatable bonds is 6. The van der Waals surface area contributed by atoms with Crippen molar-refractivity contribution in [2.24, 2.45) is 11.8 Å². The summed E-state index contributed by atoms with van der Waals surface area (Å²) in [5, 5.41) is 3.23. The Morgan fingerprint density at radius 1 is 1.18 bits per heavy atom. The molecule has 1 N–H and O–H groups in total. The fourth-order valence-electron chi connectivity index (χ4n) is 4.01. The second-order valence-corrected chi connectivity index (χ2v) is 7.90. The van der Waals surface area contributed by atoms with Crippen molar-refractivity contribution in [2.75, 3.05) is 13.1 Å². The minimum atomic E-state index is -0.821. The third kappa shape index (κ3) is 4.55. The summed E-state index contributed by atoms with van der Waals surface area (Å²) >= 11 is 0. The summed E-state index contributed by atoms with van der Waals surface area (Å²) in [6.45, 7) is 2.26. The highest BCUT2D eigenvalue weighted by atomic mass is 19.2. The maximum atomic E-state index is 13.5. The van der Waals surface area contributed by atoms with E-state index >= 15 is 0 Å². The van der Waals surface area contributed by atoms with Crippen LogP contribution in [-0.4, -0.2) is 28.9 Å². The van der Waals surface area contributed by atoms with Crippen molar-refractivity contribution in [1.29, 1.82) is 0 Å². The number of halogens is 2. The van der Waals surface area contributed by atoms with Gasteiger partial charge in [0.2, 0.25) is 5.91 Å². The SMILES string of the molecule is O=C(N[C@H](c1ccccn1)[C@@H]1CCCN(Cc2ccc(F)c(F)c2)C1)C1CC1. The van der Waals surface area contributed by atoms with Crippen molar-refractivity contribution < 1.29 is 13.6 Å². The van der Waals surface area contributed by atoms with Gasteiger partial charge in [-0.3, -0.25) is 14.7 Å². The van der Waals surface area contributed by atoms with Gasteiger partial charge in [0.15, 0.2) is 11.6 Å². The van der Waals surface area contributed by atoms with E-state index in [1.807, 2.05) is 18.2 Å². The topological polar surface area (TPSA) is 45.2 Å². The molecule has 0 spiro atoms. The molecule has 1 amide bonds. The van der Waals surface area contributed by atoms with Gasteiger partial charge in [0.05, 0.1) is 11.7 Å². The van der Waals surface area contributed by atoms with Crippen LogP contribution in [0.3, 0.4) is 0 Å². The number of carbonyl (C=O) groups is 1. The second-order valence-electron chi connectivity index (χ2n) is 7.90. The number of carbonyl (C=O) groups excluding carboxylic acids is 1. The molecule has 1 aliphatic heterocycles. The van der Waals surface area contributed by atoms with E-state index in [1.54, 1.807) is 12.3 Å². The van der Waals surface area contributed by atoms with Crippen molar-refractivity contribution >= 4 is 5.91 Å². The number of likely N-dealkylation sites (tertiary alicyclic amines) is 1. The molecule has 1 aliphatic carbocycles. The number of nitrogens with one attached hydrogen (secondary N) is 1. The van der Waals surface area contributed by atoms with Gasteiger partial charge in [-0.15, -0.1) is 0 Å².